The topological polar surface area (TPSA) is 249 Å². The third-order valence-electron chi connectivity index (χ3n) is 3.88. The Kier molecular flexibility index (Phi) is 12.5. The zero-order chi connectivity index (χ0) is 24.2. The van der Waals surface area contributed by atoms with Gasteiger partial charge in [-0.3, -0.25) is 23.7 Å². The molecule has 0 saturated carbocycles. The number of amides is 1. The van der Waals surface area contributed by atoms with Gasteiger partial charge >= 0.3 is 31.6 Å². The highest BCUT2D eigenvalue weighted by Gasteiger charge is 2.30. The molecule has 16 heteroatoms. The number of likely N-dealkylation sites (N-methyl/N-ethyl adjacent to an activating group) is 1. The predicted molar refractivity (Wildman–Crippen MR) is 101 cm³/mol. The summed E-state index contributed by atoms with van der Waals surface area (Å²) in [6, 6.07) is -4.23. The van der Waals surface area contributed by atoms with E-state index in [1.807, 2.05) is 0 Å². The van der Waals surface area contributed by atoms with Crippen molar-refractivity contribution < 1.29 is 58.4 Å². The monoisotopic (exact) mass is 471 g/mol. The van der Waals surface area contributed by atoms with E-state index in [4.69, 9.17) is 20.4 Å². The minimum Gasteiger partial charge on any atom is -0.481 e. The van der Waals surface area contributed by atoms with Crippen LogP contribution in [0.5, 0.6) is 0 Å². The van der Waals surface area contributed by atoms with Crippen molar-refractivity contribution >= 4 is 37.5 Å². The first-order valence-corrected chi connectivity index (χ1v) is 10.5. The fourth-order valence-electron chi connectivity index (χ4n) is 2.23. The van der Waals surface area contributed by atoms with Crippen LogP contribution in [-0.2, 0) is 33.1 Å². The van der Waals surface area contributed by atoms with Crippen LogP contribution in [0.4, 0.5) is 0 Å². The molecule has 31 heavy (non-hydrogen) atoms. The van der Waals surface area contributed by atoms with Gasteiger partial charge < -0.3 is 36.0 Å². The highest BCUT2D eigenvalue weighted by Crippen LogP contribution is 2.38. The molecule has 0 radical (unpaired) electrons. The maximum atomic E-state index is 11.9. The molecule has 4 atom stereocenters. The zero-order valence-electron chi connectivity index (χ0n) is 16.5. The number of hydrogen-bond acceptors (Lipinski definition) is 8. The number of rotatable bonds is 17. The van der Waals surface area contributed by atoms with E-state index in [0.29, 0.717) is 0 Å². The summed E-state index contributed by atoms with van der Waals surface area (Å²) in [7, 11) is -3.35. The lowest BCUT2D eigenvalue weighted by atomic mass is 10.1. The first kappa shape index (κ1) is 28.4. The molecule has 0 fully saturated rings. The lowest BCUT2D eigenvalue weighted by Crippen LogP contribution is -2.42. The summed E-state index contributed by atoms with van der Waals surface area (Å²) in [6.45, 7) is -0.669. The van der Waals surface area contributed by atoms with Gasteiger partial charge in [-0.1, -0.05) is 0 Å². The lowest BCUT2D eigenvalue weighted by Gasteiger charge is -2.20. The Bertz CT molecular complexity index is 715. The Hall–Kier alpha value is -2.58. The van der Waals surface area contributed by atoms with Crippen LogP contribution in [0.2, 0.25) is 0 Å². The summed E-state index contributed by atoms with van der Waals surface area (Å²) >= 11 is 0. The zero-order valence-corrected chi connectivity index (χ0v) is 17.4. The second-order valence-corrected chi connectivity index (χ2v) is 7.83. The highest BCUT2D eigenvalue weighted by molar-refractivity contribution is 7.50. The molecule has 0 aliphatic carbocycles. The van der Waals surface area contributed by atoms with Crippen LogP contribution in [0.25, 0.3) is 0 Å². The number of carboxylic acid groups (broad SMARTS) is 4. The Morgan fingerprint density at radius 2 is 1.35 bits per heavy atom. The molecular weight excluding hydrogens is 445 g/mol. The van der Waals surface area contributed by atoms with Crippen molar-refractivity contribution in [2.75, 3.05) is 13.7 Å². The number of carbonyl (C=O) groups is 5. The molecule has 0 aliphatic heterocycles. The molecule has 0 aromatic rings. The molecule has 4 unspecified atom stereocenters. The number of aliphatic carboxylic acids is 4. The molecule has 0 saturated heterocycles. The van der Waals surface area contributed by atoms with E-state index >= 15 is 0 Å². The van der Waals surface area contributed by atoms with Crippen molar-refractivity contribution in [3.8, 4) is 0 Å². The summed E-state index contributed by atoms with van der Waals surface area (Å²) < 4.78 is 16.5. The van der Waals surface area contributed by atoms with Gasteiger partial charge in [-0.25, -0.2) is 14.4 Å². The molecule has 1 amide bonds. The Morgan fingerprint density at radius 3 is 1.81 bits per heavy atom. The van der Waals surface area contributed by atoms with E-state index in [0.717, 1.165) is 0 Å². The third-order valence-corrected chi connectivity index (χ3v) is 5.05. The Morgan fingerprint density at radius 1 is 0.839 bits per heavy atom. The van der Waals surface area contributed by atoms with Gasteiger partial charge in [-0.05, 0) is 19.9 Å². The number of hydrogen-bond donors (Lipinski definition) is 8. The molecule has 0 aromatic carbocycles. The SMILES string of the molecule is CNC(CCC(=O)NC(CCOP(=O)(O)NC(CCC(=O)O)C(=O)O)C(=O)O)C(=O)O. The van der Waals surface area contributed by atoms with Crippen LogP contribution < -0.4 is 15.7 Å². The average molecular weight is 471 g/mol. The van der Waals surface area contributed by atoms with E-state index in [9.17, 15) is 33.4 Å². The molecule has 0 bridgehead atoms. The lowest BCUT2D eigenvalue weighted by molar-refractivity contribution is -0.143. The van der Waals surface area contributed by atoms with Crippen molar-refractivity contribution in [2.45, 2.75) is 50.2 Å². The van der Waals surface area contributed by atoms with Gasteiger partial charge in [0, 0.05) is 19.3 Å². The van der Waals surface area contributed by atoms with Crippen LogP contribution in [0.1, 0.15) is 32.1 Å². The summed E-state index contributed by atoms with van der Waals surface area (Å²) in [4.78, 5) is 65.2. The highest BCUT2D eigenvalue weighted by atomic mass is 31.2. The van der Waals surface area contributed by atoms with Gasteiger partial charge in [-0.15, -0.1) is 0 Å². The number of carbonyl (C=O) groups excluding carboxylic acids is 1. The largest absolute Gasteiger partial charge is 0.481 e. The van der Waals surface area contributed by atoms with Crippen LogP contribution in [-0.4, -0.2) is 86.9 Å². The first-order chi connectivity index (χ1) is 14.3. The van der Waals surface area contributed by atoms with Gasteiger partial charge in [0.2, 0.25) is 5.91 Å². The summed E-state index contributed by atoms with van der Waals surface area (Å²) in [5.74, 6) is -6.33. The fraction of sp³-hybridized carbons (Fsp3) is 0.667. The maximum absolute atomic E-state index is 11.9. The number of nitrogens with one attached hydrogen (secondary N) is 3. The van der Waals surface area contributed by atoms with Crippen molar-refractivity contribution in [1.29, 1.82) is 0 Å². The van der Waals surface area contributed by atoms with E-state index in [-0.39, 0.29) is 12.8 Å². The predicted octanol–water partition coefficient (Wildman–Crippen LogP) is -1.58. The van der Waals surface area contributed by atoms with Crippen molar-refractivity contribution in [2.24, 2.45) is 0 Å². The van der Waals surface area contributed by atoms with E-state index in [1.54, 1.807) is 5.09 Å². The Labute approximate surface area is 176 Å². The smallest absolute Gasteiger partial charge is 0.403 e. The van der Waals surface area contributed by atoms with Crippen molar-refractivity contribution in [3.63, 3.8) is 0 Å². The van der Waals surface area contributed by atoms with Crippen LogP contribution in [0.3, 0.4) is 0 Å². The molecular formula is C15H26N3O12P. The summed E-state index contributed by atoms with van der Waals surface area (Å²) in [5.41, 5.74) is 0. The van der Waals surface area contributed by atoms with Crippen LogP contribution in [0.15, 0.2) is 0 Å². The van der Waals surface area contributed by atoms with Crippen LogP contribution >= 0.6 is 7.75 Å². The molecule has 178 valence electrons. The van der Waals surface area contributed by atoms with E-state index < -0.39 is 81.5 Å². The second-order valence-electron chi connectivity index (χ2n) is 6.27. The molecule has 0 rings (SSSR count). The Balaban J connectivity index is 4.69. The summed E-state index contributed by atoms with van der Waals surface area (Å²) in [5, 5.41) is 41.9. The van der Waals surface area contributed by atoms with Gasteiger partial charge in [0.15, 0.2) is 0 Å². The molecule has 15 nitrogen and oxygen atoms in total. The van der Waals surface area contributed by atoms with Crippen molar-refractivity contribution in [1.82, 2.24) is 15.7 Å². The fourth-order valence-corrected chi connectivity index (χ4v) is 3.29. The molecule has 8 N–H and O–H groups in total. The second kappa shape index (κ2) is 13.7. The number of carboxylic acids is 4. The normalized spacial score (nSPS) is 15.8. The van der Waals surface area contributed by atoms with E-state index in [2.05, 4.69) is 15.2 Å². The molecule has 0 heterocycles. The average Bonchev–Trinajstić information content (AvgIpc) is 2.63. The molecule has 0 spiro atoms. The standard InChI is InChI=1S/C15H26N3O12P/c1-16-8(13(22)23)2-4-11(19)17-9(14(24)25)6-7-30-31(28,29)18-10(15(26)27)3-5-12(20)21/h8-10,16H,2-7H2,1H3,(H,17,19)(H,20,21)(H,22,23)(H,24,25)(H,26,27)(H2,18,28,29). The van der Waals surface area contributed by atoms with Gasteiger partial charge in [0.1, 0.15) is 18.1 Å². The van der Waals surface area contributed by atoms with E-state index in [1.165, 1.54) is 7.05 Å². The first-order valence-electron chi connectivity index (χ1n) is 8.91. The van der Waals surface area contributed by atoms with Crippen LogP contribution in [0, 0.1) is 0 Å². The molecule has 0 aliphatic rings. The van der Waals surface area contributed by atoms with Crippen molar-refractivity contribution in [3.05, 3.63) is 0 Å². The minimum atomic E-state index is -4.73. The van der Waals surface area contributed by atoms with Gasteiger partial charge in [-0.2, -0.15) is 0 Å². The van der Waals surface area contributed by atoms with Gasteiger partial charge in [0.25, 0.3) is 0 Å². The maximum Gasteiger partial charge on any atom is 0.403 e. The molecule has 0 aromatic heterocycles. The quantitative estimate of drug-likeness (QED) is 0.112. The summed E-state index contributed by atoms with van der Waals surface area (Å²) in [6.07, 6.45) is -1.96. The minimum absolute atomic E-state index is 0.108. The third kappa shape index (κ3) is 12.7. The van der Waals surface area contributed by atoms with Gasteiger partial charge in [0.05, 0.1) is 6.61 Å².